The van der Waals surface area contributed by atoms with Crippen molar-refractivity contribution < 1.29 is 19.7 Å². The maximum atomic E-state index is 11.8. The third kappa shape index (κ3) is 4.25. The van der Waals surface area contributed by atoms with Gasteiger partial charge in [-0.15, -0.1) is 5.01 Å². The maximum Gasteiger partial charge on any atom is 0.306 e. The lowest BCUT2D eigenvalue weighted by Crippen LogP contribution is -2.45. The number of hydrazine groups is 1. The van der Waals surface area contributed by atoms with Gasteiger partial charge >= 0.3 is 5.97 Å². The maximum absolute atomic E-state index is 11.8. The molecule has 0 amide bonds. The van der Waals surface area contributed by atoms with Crippen LogP contribution in [0.25, 0.3) is 0 Å². The number of rotatable bonds is 5. The van der Waals surface area contributed by atoms with Gasteiger partial charge in [0, 0.05) is 6.42 Å². The number of aliphatic carboxylic acids is 1. The van der Waals surface area contributed by atoms with Crippen molar-refractivity contribution in [3.63, 3.8) is 0 Å². The lowest BCUT2D eigenvalue weighted by atomic mass is 10.1. The van der Waals surface area contributed by atoms with Gasteiger partial charge in [0.05, 0.1) is 23.0 Å². The second kappa shape index (κ2) is 6.08. The summed E-state index contributed by atoms with van der Waals surface area (Å²) in [5.74, 6) is -1.19. The number of carboxylic acid groups (broad SMARTS) is 1. The summed E-state index contributed by atoms with van der Waals surface area (Å²) in [7, 11) is 0. The van der Waals surface area contributed by atoms with Crippen LogP contribution in [0.3, 0.4) is 0 Å². The minimum Gasteiger partial charge on any atom is -0.569 e. The van der Waals surface area contributed by atoms with Gasteiger partial charge in [0.25, 0.3) is 0 Å². The van der Waals surface area contributed by atoms with E-state index in [0.29, 0.717) is 30.8 Å². The van der Waals surface area contributed by atoms with E-state index >= 15 is 0 Å². The normalized spacial score (nSPS) is 24.3. The van der Waals surface area contributed by atoms with Gasteiger partial charge in [0.1, 0.15) is 6.10 Å². The van der Waals surface area contributed by atoms with Crippen molar-refractivity contribution in [2.24, 2.45) is 11.2 Å². The molecule has 19 heavy (non-hydrogen) atoms. The highest BCUT2D eigenvalue weighted by atomic mass is 16.7. The Labute approximate surface area is 113 Å². The van der Waals surface area contributed by atoms with Crippen molar-refractivity contribution >= 4 is 5.97 Å². The Morgan fingerprint density at radius 1 is 1.53 bits per heavy atom. The number of hydrogen-bond acceptors (Lipinski definition) is 4. The topological polar surface area (TPSA) is 88.2 Å². The van der Waals surface area contributed by atoms with Crippen LogP contribution in [0.4, 0.5) is 0 Å². The van der Waals surface area contributed by atoms with E-state index in [1.165, 1.54) is 5.01 Å². The van der Waals surface area contributed by atoms with Gasteiger partial charge in [-0.1, -0.05) is 0 Å². The first kappa shape index (κ1) is 15.5. The molecular weight excluding hydrogens is 250 g/mol. The Kier molecular flexibility index (Phi) is 4.97. The predicted molar refractivity (Wildman–Crippen MR) is 68.0 cm³/mol. The van der Waals surface area contributed by atoms with Crippen molar-refractivity contribution in [1.29, 1.82) is 0 Å². The van der Waals surface area contributed by atoms with Gasteiger partial charge in [-0.25, -0.2) is 0 Å². The molecule has 1 saturated carbocycles. The zero-order chi connectivity index (χ0) is 14.6. The SMILES string of the molecule is CCN(/[N+]([O-])=N\O[C@H]1CC[C@H](C(=O)O)C1)C(C)(C)C. The molecule has 7 heteroatoms. The molecule has 2 atom stereocenters. The molecule has 110 valence electrons. The number of nitrogens with zero attached hydrogens (tertiary/aromatic N) is 3. The van der Waals surface area contributed by atoms with Crippen molar-refractivity contribution in [3.05, 3.63) is 5.21 Å². The van der Waals surface area contributed by atoms with E-state index in [1.807, 2.05) is 27.7 Å². The zero-order valence-electron chi connectivity index (χ0n) is 12.0. The molecular formula is C12H23N3O4. The lowest BCUT2D eigenvalue weighted by Gasteiger charge is -2.29. The standard InChI is InChI=1S/C12H23N3O4/c1-5-14(12(2,3)4)15(18)13-19-10-7-6-9(8-10)11(16)17/h9-10H,5-8H2,1-4H3,(H,16,17)/b15-13+/t9-,10-/m0/s1. The van der Waals surface area contributed by atoms with Crippen LogP contribution in [0.2, 0.25) is 0 Å². The molecule has 1 fully saturated rings. The first-order valence-electron chi connectivity index (χ1n) is 6.60. The molecule has 1 rings (SSSR count). The van der Waals surface area contributed by atoms with Crippen LogP contribution in [-0.4, -0.2) is 39.2 Å². The van der Waals surface area contributed by atoms with Gasteiger partial charge in [-0.05, 0) is 40.5 Å². The van der Waals surface area contributed by atoms with E-state index in [0.717, 1.165) is 0 Å². The van der Waals surface area contributed by atoms with E-state index < -0.39 is 5.97 Å². The summed E-state index contributed by atoms with van der Waals surface area (Å²) >= 11 is 0. The fourth-order valence-corrected chi connectivity index (χ4v) is 2.26. The predicted octanol–water partition coefficient (Wildman–Crippen LogP) is 2.17. The van der Waals surface area contributed by atoms with Gasteiger partial charge in [-0.2, -0.15) is 0 Å². The monoisotopic (exact) mass is 273 g/mol. The summed E-state index contributed by atoms with van der Waals surface area (Å²) in [5.41, 5.74) is -0.345. The van der Waals surface area contributed by atoms with Gasteiger partial charge in [0.15, 0.2) is 0 Å². The average molecular weight is 273 g/mol. The van der Waals surface area contributed by atoms with Crippen molar-refractivity contribution in [2.45, 2.75) is 58.6 Å². The van der Waals surface area contributed by atoms with Gasteiger partial charge in [-0.3, -0.25) is 4.79 Å². The van der Waals surface area contributed by atoms with E-state index in [9.17, 15) is 10.0 Å². The van der Waals surface area contributed by atoms with E-state index in [1.54, 1.807) is 0 Å². The first-order chi connectivity index (χ1) is 8.75. The van der Waals surface area contributed by atoms with Crippen LogP contribution >= 0.6 is 0 Å². The molecule has 0 saturated heterocycles. The van der Waals surface area contributed by atoms with Gasteiger partial charge < -0.3 is 15.2 Å². The van der Waals surface area contributed by atoms with Crippen LogP contribution in [0.15, 0.2) is 5.28 Å². The summed E-state index contributed by atoms with van der Waals surface area (Å²) in [6.07, 6.45) is 1.33. The number of carboxylic acids is 1. The summed E-state index contributed by atoms with van der Waals surface area (Å²) in [5, 5.41) is 25.8. The summed E-state index contributed by atoms with van der Waals surface area (Å²) in [6, 6.07) is 0. The molecule has 0 aliphatic heterocycles. The zero-order valence-corrected chi connectivity index (χ0v) is 12.0. The third-order valence-corrected chi connectivity index (χ3v) is 3.28. The van der Waals surface area contributed by atoms with Crippen molar-refractivity contribution in [1.82, 2.24) is 5.01 Å². The Hall–Kier alpha value is -1.53. The smallest absolute Gasteiger partial charge is 0.306 e. The molecule has 0 bridgehead atoms. The molecule has 7 nitrogen and oxygen atoms in total. The highest BCUT2D eigenvalue weighted by Gasteiger charge is 2.32. The fraction of sp³-hybridized carbons (Fsp3) is 0.917. The highest BCUT2D eigenvalue weighted by molar-refractivity contribution is 5.70. The van der Waals surface area contributed by atoms with Crippen LogP contribution in [0, 0.1) is 11.1 Å². The van der Waals surface area contributed by atoms with Crippen LogP contribution in [0.5, 0.6) is 0 Å². The Morgan fingerprint density at radius 3 is 2.58 bits per heavy atom. The molecule has 0 aromatic rings. The second-order valence-electron chi connectivity index (χ2n) is 5.80. The highest BCUT2D eigenvalue weighted by Crippen LogP contribution is 2.28. The Balaban J connectivity index is 2.55. The van der Waals surface area contributed by atoms with Crippen LogP contribution in [0.1, 0.15) is 47.0 Å². The number of hydrogen-bond donors (Lipinski definition) is 1. The second-order valence-corrected chi connectivity index (χ2v) is 5.80. The van der Waals surface area contributed by atoms with E-state index in [4.69, 9.17) is 9.94 Å². The molecule has 0 heterocycles. The quantitative estimate of drug-likeness (QED) is 0.471. The van der Waals surface area contributed by atoms with E-state index in [2.05, 4.69) is 5.28 Å². The molecule has 0 spiro atoms. The van der Waals surface area contributed by atoms with Crippen LogP contribution < -0.4 is 0 Å². The molecule has 1 aliphatic rings. The fourth-order valence-electron chi connectivity index (χ4n) is 2.26. The summed E-state index contributed by atoms with van der Waals surface area (Å²) < 4.78 is 0. The molecule has 1 aliphatic carbocycles. The number of carbonyl (C=O) groups is 1. The summed E-state index contributed by atoms with van der Waals surface area (Å²) in [4.78, 5) is 16.4. The van der Waals surface area contributed by atoms with E-state index in [-0.39, 0.29) is 17.6 Å². The largest absolute Gasteiger partial charge is 0.569 e. The average Bonchev–Trinajstić information content (AvgIpc) is 2.74. The van der Waals surface area contributed by atoms with Crippen molar-refractivity contribution in [2.75, 3.05) is 6.54 Å². The minimum atomic E-state index is -0.810. The Morgan fingerprint density at radius 2 is 2.16 bits per heavy atom. The first-order valence-corrected chi connectivity index (χ1v) is 6.60. The summed E-state index contributed by atoms with van der Waals surface area (Å²) in [6.45, 7) is 8.11. The van der Waals surface area contributed by atoms with Crippen molar-refractivity contribution in [3.8, 4) is 0 Å². The Bertz CT molecular complexity index is 351. The molecule has 1 N–H and O–H groups in total. The molecule has 0 aromatic heterocycles. The van der Waals surface area contributed by atoms with Gasteiger partial charge in [0.2, 0.25) is 5.28 Å². The van der Waals surface area contributed by atoms with Crippen LogP contribution in [-0.2, 0) is 9.63 Å². The third-order valence-electron chi connectivity index (χ3n) is 3.28. The molecule has 0 aromatic carbocycles. The lowest BCUT2D eigenvalue weighted by molar-refractivity contribution is -0.725. The molecule has 0 unspecified atom stereocenters. The molecule has 0 radical (unpaired) electrons. The minimum absolute atomic E-state index is 0.281.